The molecule has 3 nitrogen and oxygen atoms in total. The molecule has 3 heteroatoms. The molecule has 2 saturated carbocycles. The molecule has 0 saturated heterocycles. The second kappa shape index (κ2) is 9.43. The highest BCUT2D eigenvalue weighted by Gasteiger charge is 2.33. The van der Waals surface area contributed by atoms with E-state index in [1.165, 1.54) is 38.5 Å². The molecule has 0 amide bonds. The summed E-state index contributed by atoms with van der Waals surface area (Å²) >= 11 is 0. The molecule has 0 spiro atoms. The smallest absolute Gasteiger partial charge is 0.314 e. The number of esters is 1. The summed E-state index contributed by atoms with van der Waals surface area (Å²) in [7, 11) is 0. The summed E-state index contributed by atoms with van der Waals surface area (Å²) in [6.45, 7) is 5.17. The van der Waals surface area contributed by atoms with Gasteiger partial charge in [-0.2, -0.15) is 0 Å². The first-order valence-corrected chi connectivity index (χ1v) is 10.6. The summed E-state index contributed by atoms with van der Waals surface area (Å²) in [6, 6.07) is 7.41. The third-order valence-electron chi connectivity index (χ3n) is 6.35. The van der Waals surface area contributed by atoms with Crippen LogP contribution in [0.1, 0.15) is 71.6 Å². The first kappa shape index (κ1) is 19.3. The minimum atomic E-state index is -0.0528. The molecule has 2 aliphatic carbocycles. The van der Waals surface area contributed by atoms with Crippen LogP contribution in [0.4, 0.5) is 0 Å². The first-order chi connectivity index (χ1) is 12.7. The largest absolute Gasteiger partial charge is 0.494 e. The highest BCUT2D eigenvalue weighted by atomic mass is 16.5. The summed E-state index contributed by atoms with van der Waals surface area (Å²) in [4.78, 5) is 12.5. The minimum absolute atomic E-state index is 0.0528. The van der Waals surface area contributed by atoms with Crippen molar-refractivity contribution in [1.82, 2.24) is 0 Å². The summed E-state index contributed by atoms with van der Waals surface area (Å²) in [5.74, 6) is 4.13. The van der Waals surface area contributed by atoms with Crippen LogP contribution in [0, 0.1) is 23.7 Å². The topological polar surface area (TPSA) is 35.5 Å². The summed E-state index contributed by atoms with van der Waals surface area (Å²) in [5.41, 5.74) is 0. The lowest BCUT2D eigenvalue weighted by Gasteiger charge is -2.36. The van der Waals surface area contributed by atoms with Gasteiger partial charge in [0, 0.05) is 0 Å². The molecule has 2 aliphatic rings. The molecule has 144 valence electrons. The number of rotatable bonds is 6. The van der Waals surface area contributed by atoms with Crippen molar-refractivity contribution < 1.29 is 14.3 Å². The summed E-state index contributed by atoms with van der Waals surface area (Å²) in [6.07, 6.45) is 10.9. The van der Waals surface area contributed by atoms with Gasteiger partial charge in [-0.15, -0.1) is 0 Å². The summed E-state index contributed by atoms with van der Waals surface area (Å²) in [5, 5.41) is 0. The molecule has 0 atom stereocenters. The Labute approximate surface area is 158 Å². The Balaban J connectivity index is 1.43. The lowest BCUT2D eigenvalue weighted by molar-refractivity contribution is -0.140. The third-order valence-corrected chi connectivity index (χ3v) is 6.35. The average molecular weight is 359 g/mol. The van der Waals surface area contributed by atoms with Crippen molar-refractivity contribution in [3.8, 4) is 11.5 Å². The second-order valence-electron chi connectivity index (χ2n) is 8.37. The fourth-order valence-corrected chi connectivity index (χ4v) is 4.61. The molecular weight excluding hydrogens is 324 g/mol. The van der Waals surface area contributed by atoms with Crippen LogP contribution in [0.3, 0.4) is 0 Å². The quantitative estimate of drug-likeness (QED) is 0.461. The van der Waals surface area contributed by atoms with Gasteiger partial charge < -0.3 is 9.47 Å². The first-order valence-electron chi connectivity index (χ1n) is 10.6. The van der Waals surface area contributed by atoms with Gasteiger partial charge in [0.25, 0.3) is 0 Å². The number of hydrogen-bond acceptors (Lipinski definition) is 3. The van der Waals surface area contributed by atoms with E-state index >= 15 is 0 Å². The van der Waals surface area contributed by atoms with Gasteiger partial charge in [0.05, 0.1) is 12.5 Å². The molecule has 1 aromatic rings. The van der Waals surface area contributed by atoms with Crippen LogP contribution >= 0.6 is 0 Å². The van der Waals surface area contributed by atoms with E-state index < -0.39 is 0 Å². The van der Waals surface area contributed by atoms with Crippen LogP contribution in [-0.2, 0) is 4.79 Å². The van der Waals surface area contributed by atoms with Crippen molar-refractivity contribution in [3.05, 3.63) is 24.3 Å². The Morgan fingerprint density at radius 1 is 0.885 bits per heavy atom. The van der Waals surface area contributed by atoms with E-state index in [-0.39, 0.29) is 11.9 Å². The van der Waals surface area contributed by atoms with Gasteiger partial charge in [-0.3, -0.25) is 4.79 Å². The van der Waals surface area contributed by atoms with Crippen LogP contribution in [0.5, 0.6) is 11.5 Å². The molecular formula is C23H34O3. The minimum Gasteiger partial charge on any atom is -0.494 e. The van der Waals surface area contributed by atoms with Crippen LogP contribution in [0.25, 0.3) is 0 Å². The molecule has 0 radical (unpaired) electrons. The zero-order chi connectivity index (χ0) is 18.4. The normalized spacial score (nSPS) is 29.2. The molecule has 1 aromatic carbocycles. The Bertz CT molecular complexity index is 549. The Morgan fingerprint density at radius 3 is 2.00 bits per heavy atom. The fraction of sp³-hybridized carbons (Fsp3) is 0.696. The number of carbonyl (C=O) groups excluding carboxylic acids is 1. The highest BCUT2D eigenvalue weighted by molar-refractivity contribution is 5.75. The van der Waals surface area contributed by atoms with Crippen LogP contribution in [-0.4, -0.2) is 12.6 Å². The maximum atomic E-state index is 12.5. The second-order valence-corrected chi connectivity index (χ2v) is 8.37. The zero-order valence-corrected chi connectivity index (χ0v) is 16.4. The van der Waals surface area contributed by atoms with E-state index in [9.17, 15) is 4.79 Å². The van der Waals surface area contributed by atoms with Gasteiger partial charge in [0.15, 0.2) is 0 Å². The fourth-order valence-electron chi connectivity index (χ4n) is 4.61. The zero-order valence-electron chi connectivity index (χ0n) is 16.4. The van der Waals surface area contributed by atoms with Gasteiger partial charge in [-0.25, -0.2) is 0 Å². The monoisotopic (exact) mass is 358 g/mol. The molecule has 2 fully saturated rings. The van der Waals surface area contributed by atoms with Crippen molar-refractivity contribution in [2.24, 2.45) is 23.7 Å². The lowest BCUT2D eigenvalue weighted by Crippen LogP contribution is -2.29. The maximum Gasteiger partial charge on any atom is 0.314 e. The van der Waals surface area contributed by atoms with E-state index in [2.05, 4.69) is 13.8 Å². The Morgan fingerprint density at radius 2 is 1.42 bits per heavy atom. The molecule has 0 N–H and O–H groups in total. The third kappa shape index (κ3) is 5.25. The van der Waals surface area contributed by atoms with Gasteiger partial charge >= 0.3 is 5.97 Å². The van der Waals surface area contributed by atoms with Crippen molar-refractivity contribution in [3.63, 3.8) is 0 Å². The SMILES string of the molecule is CCCOc1ccc(OC(=O)C2CCC(C3CCC(C)CC3)CC2)cc1. The van der Waals surface area contributed by atoms with Gasteiger partial charge in [-0.1, -0.05) is 26.7 Å². The van der Waals surface area contributed by atoms with E-state index in [1.807, 2.05) is 24.3 Å². The Hall–Kier alpha value is -1.51. The summed E-state index contributed by atoms with van der Waals surface area (Å²) < 4.78 is 11.2. The Kier molecular flexibility index (Phi) is 6.99. The van der Waals surface area contributed by atoms with Crippen LogP contribution in [0.15, 0.2) is 24.3 Å². The number of benzene rings is 1. The van der Waals surface area contributed by atoms with Gasteiger partial charge in [0.2, 0.25) is 0 Å². The number of hydrogen-bond donors (Lipinski definition) is 0. The van der Waals surface area contributed by atoms with Crippen LogP contribution < -0.4 is 9.47 Å². The standard InChI is InChI=1S/C23H34O3/c1-3-16-25-21-12-14-22(15-13-21)26-23(24)20-10-8-19(9-11-20)18-6-4-17(2)5-7-18/h12-15,17-20H,3-11,16H2,1-2H3. The molecule has 0 unspecified atom stereocenters. The van der Waals surface area contributed by atoms with Crippen molar-refractivity contribution >= 4 is 5.97 Å². The molecule has 0 aliphatic heterocycles. The molecule has 0 heterocycles. The average Bonchev–Trinajstić information content (AvgIpc) is 2.68. The number of carbonyl (C=O) groups is 1. The molecule has 26 heavy (non-hydrogen) atoms. The number of ether oxygens (including phenoxy) is 2. The maximum absolute atomic E-state index is 12.5. The van der Waals surface area contributed by atoms with Crippen molar-refractivity contribution in [2.75, 3.05) is 6.61 Å². The lowest BCUT2D eigenvalue weighted by atomic mass is 9.69. The van der Waals surface area contributed by atoms with E-state index in [0.717, 1.165) is 42.8 Å². The van der Waals surface area contributed by atoms with E-state index in [4.69, 9.17) is 9.47 Å². The van der Waals surface area contributed by atoms with E-state index in [1.54, 1.807) is 0 Å². The van der Waals surface area contributed by atoms with Crippen molar-refractivity contribution in [1.29, 1.82) is 0 Å². The van der Waals surface area contributed by atoms with Crippen molar-refractivity contribution in [2.45, 2.75) is 71.6 Å². The predicted molar refractivity (Wildman–Crippen MR) is 104 cm³/mol. The van der Waals surface area contributed by atoms with Crippen LogP contribution in [0.2, 0.25) is 0 Å². The predicted octanol–water partition coefficient (Wildman–Crippen LogP) is 6.01. The van der Waals surface area contributed by atoms with Gasteiger partial charge in [-0.05, 0) is 87.0 Å². The molecule has 0 aromatic heterocycles. The highest BCUT2D eigenvalue weighted by Crippen LogP contribution is 2.41. The molecule has 3 rings (SSSR count). The molecule has 0 bridgehead atoms. The van der Waals surface area contributed by atoms with E-state index in [0.29, 0.717) is 12.4 Å². The van der Waals surface area contributed by atoms with Gasteiger partial charge in [0.1, 0.15) is 11.5 Å².